The van der Waals surface area contributed by atoms with E-state index in [1.807, 2.05) is 0 Å². The molecule has 1 saturated heterocycles. The zero-order chi connectivity index (χ0) is 8.27. The predicted molar refractivity (Wildman–Crippen MR) is 47.4 cm³/mol. The molecular weight excluding hydrogens is 161 g/mol. The Morgan fingerprint density at radius 1 is 1.55 bits per heavy atom. The molecule has 1 heterocycles. The lowest BCUT2D eigenvalue weighted by molar-refractivity contribution is 0.298. The summed E-state index contributed by atoms with van der Waals surface area (Å²) in [6.45, 7) is 2.01. The molecule has 1 aliphatic rings. The lowest BCUT2D eigenvalue weighted by Crippen LogP contribution is -2.34. The summed E-state index contributed by atoms with van der Waals surface area (Å²) in [6.07, 6.45) is 1.97. The molecule has 0 aromatic carbocycles. The van der Waals surface area contributed by atoms with Gasteiger partial charge in [0.25, 0.3) is 0 Å². The van der Waals surface area contributed by atoms with Crippen LogP contribution in [-0.4, -0.2) is 28.8 Å². The Morgan fingerprint density at radius 2 is 2.09 bits per heavy atom. The van der Waals surface area contributed by atoms with Crippen molar-refractivity contribution in [3.05, 3.63) is 0 Å². The molecule has 0 aromatic heterocycles. The molecule has 4 nitrogen and oxygen atoms in total. The minimum atomic E-state index is 0.275. The van der Waals surface area contributed by atoms with Crippen LogP contribution in [0.15, 0.2) is 5.16 Å². The molecule has 5 heteroatoms. The van der Waals surface area contributed by atoms with Gasteiger partial charge in [-0.3, -0.25) is 4.67 Å². The van der Waals surface area contributed by atoms with Gasteiger partial charge in [0.15, 0.2) is 0 Å². The first-order valence-corrected chi connectivity index (χ1v) is 4.22. The number of oxime groups is 1. The van der Waals surface area contributed by atoms with Gasteiger partial charge in [0.1, 0.15) is 5.84 Å². The van der Waals surface area contributed by atoms with Gasteiger partial charge in [-0.05, 0) is 12.8 Å². The van der Waals surface area contributed by atoms with Crippen molar-refractivity contribution in [1.82, 2.24) is 4.67 Å². The van der Waals surface area contributed by atoms with Crippen LogP contribution in [0, 0.1) is 5.92 Å². The van der Waals surface area contributed by atoms with E-state index in [4.69, 9.17) is 10.9 Å². The SMILES string of the molecule is N/C(=N\O)C1CCN(P)CC1. The molecule has 0 amide bonds. The maximum atomic E-state index is 8.40. The van der Waals surface area contributed by atoms with Crippen molar-refractivity contribution in [3.8, 4) is 0 Å². The quantitative estimate of drug-likeness (QED) is 0.197. The van der Waals surface area contributed by atoms with Gasteiger partial charge in [-0.15, -0.1) is 0 Å². The number of nitrogens with two attached hydrogens (primary N) is 1. The van der Waals surface area contributed by atoms with Gasteiger partial charge in [0, 0.05) is 19.0 Å². The summed E-state index contributed by atoms with van der Waals surface area (Å²) in [6, 6.07) is 0. The number of hydrogen-bond donors (Lipinski definition) is 2. The van der Waals surface area contributed by atoms with Gasteiger partial charge >= 0.3 is 0 Å². The second kappa shape index (κ2) is 3.88. The summed E-state index contributed by atoms with van der Waals surface area (Å²) in [5.41, 5.74) is 5.47. The van der Waals surface area contributed by atoms with E-state index < -0.39 is 0 Å². The minimum Gasteiger partial charge on any atom is -0.409 e. The van der Waals surface area contributed by atoms with Gasteiger partial charge in [-0.25, -0.2) is 0 Å². The van der Waals surface area contributed by atoms with E-state index in [2.05, 4.69) is 19.2 Å². The zero-order valence-corrected chi connectivity index (χ0v) is 7.56. The van der Waals surface area contributed by atoms with Crippen molar-refractivity contribution >= 4 is 15.2 Å². The second-order valence-corrected chi connectivity index (χ2v) is 3.57. The van der Waals surface area contributed by atoms with Crippen molar-refractivity contribution < 1.29 is 5.21 Å². The van der Waals surface area contributed by atoms with Crippen molar-refractivity contribution in [2.45, 2.75) is 12.8 Å². The van der Waals surface area contributed by atoms with Gasteiger partial charge in [-0.1, -0.05) is 14.5 Å². The summed E-state index contributed by atoms with van der Waals surface area (Å²) in [4.78, 5) is 0. The first-order chi connectivity index (χ1) is 5.24. The molecule has 0 aliphatic carbocycles. The molecule has 0 saturated carbocycles. The zero-order valence-electron chi connectivity index (χ0n) is 6.40. The molecule has 1 unspecified atom stereocenters. The maximum Gasteiger partial charge on any atom is 0.142 e. The van der Waals surface area contributed by atoms with Crippen LogP contribution in [0.3, 0.4) is 0 Å². The van der Waals surface area contributed by atoms with Crippen LogP contribution in [0.2, 0.25) is 0 Å². The van der Waals surface area contributed by atoms with Crippen LogP contribution in [0.1, 0.15) is 12.8 Å². The van der Waals surface area contributed by atoms with Crippen molar-refractivity contribution in [2.24, 2.45) is 16.8 Å². The fourth-order valence-electron chi connectivity index (χ4n) is 1.28. The second-order valence-electron chi connectivity index (χ2n) is 2.84. The molecule has 0 bridgehead atoms. The van der Waals surface area contributed by atoms with E-state index in [0.717, 1.165) is 25.9 Å². The normalized spacial score (nSPS) is 23.9. The lowest BCUT2D eigenvalue weighted by Gasteiger charge is -2.27. The van der Waals surface area contributed by atoms with Crippen LogP contribution < -0.4 is 5.73 Å². The largest absolute Gasteiger partial charge is 0.409 e. The monoisotopic (exact) mass is 175 g/mol. The molecule has 1 aliphatic heterocycles. The number of hydrogen-bond acceptors (Lipinski definition) is 3. The fourth-order valence-corrected chi connectivity index (χ4v) is 1.58. The number of nitrogens with zero attached hydrogens (tertiary/aromatic N) is 2. The maximum absolute atomic E-state index is 8.40. The van der Waals surface area contributed by atoms with Gasteiger partial charge in [0.2, 0.25) is 0 Å². The Kier molecular flexibility index (Phi) is 3.09. The summed E-state index contributed by atoms with van der Waals surface area (Å²) >= 11 is 0. The predicted octanol–water partition coefficient (Wildman–Crippen LogP) is 0.235. The van der Waals surface area contributed by atoms with Crippen LogP contribution >= 0.6 is 9.39 Å². The highest BCUT2D eigenvalue weighted by Crippen LogP contribution is 2.19. The number of amidine groups is 1. The van der Waals surface area contributed by atoms with Crippen LogP contribution in [0.4, 0.5) is 0 Å². The van der Waals surface area contributed by atoms with Crippen LogP contribution in [0.25, 0.3) is 0 Å². The summed E-state index contributed by atoms with van der Waals surface area (Å²) in [5.74, 6) is 0.653. The van der Waals surface area contributed by atoms with E-state index in [1.165, 1.54) is 0 Å². The topological polar surface area (TPSA) is 61.9 Å². The van der Waals surface area contributed by atoms with Crippen molar-refractivity contribution in [1.29, 1.82) is 0 Å². The highest BCUT2D eigenvalue weighted by atomic mass is 31.0. The van der Waals surface area contributed by atoms with Crippen molar-refractivity contribution in [3.63, 3.8) is 0 Å². The Morgan fingerprint density at radius 3 is 2.55 bits per heavy atom. The molecular formula is C6H14N3OP. The molecule has 11 heavy (non-hydrogen) atoms. The van der Waals surface area contributed by atoms with Crippen LogP contribution in [0.5, 0.6) is 0 Å². The lowest BCUT2D eigenvalue weighted by atomic mass is 9.97. The average Bonchev–Trinajstić information content (AvgIpc) is 2.05. The molecule has 0 radical (unpaired) electrons. The van der Waals surface area contributed by atoms with Gasteiger partial charge < -0.3 is 10.9 Å². The number of rotatable bonds is 1. The summed E-state index contributed by atoms with van der Waals surface area (Å²) in [5, 5.41) is 11.4. The third kappa shape index (κ3) is 2.31. The molecule has 0 aromatic rings. The van der Waals surface area contributed by atoms with Crippen molar-refractivity contribution in [2.75, 3.05) is 13.1 Å². The molecule has 1 fully saturated rings. The Hall–Kier alpha value is -0.340. The first kappa shape index (κ1) is 8.75. The van der Waals surface area contributed by atoms with E-state index in [9.17, 15) is 0 Å². The van der Waals surface area contributed by atoms with E-state index >= 15 is 0 Å². The Balaban J connectivity index is 2.39. The fraction of sp³-hybridized carbons (Fsp3) is 0.833. The molecule has 3 N–H and O–H groups in total. The van der Waals surface area contributed by atoms with E-state index in [1.54, 1.807) is 0 Å². The summed E-state index contributed by atoms with van der Waals surface area (Å²) < 4.78 is 2.17. The third-order valence-electron chi connectivity index (χ3n) is 2.06. The summed E-state index contributed by atoms with van der Waals surface area (Å²) in [7, 11) is 2.66. The van der Waals surface area contributed by atoms with E-state index in [-0.39, 0.29) is 5.92 Å². The first-order valence-electron chi connectivity index (χ1n) is 3.71. The third-order valence-corrected chi connectivity index (χ3v) is 2.58. The average molecular weight is 175 g/mol. The highest BCUT2D eigenvalue weighted by molar-refractivity contribution is 7.13. The van der Waals surface area contributed by atoms with Gasteiger partial charge in [0.05, 0.1) is 0 Å². The Bertz CT molecular complexity index is 154. The molecule has 0 spiro atoms. The van der Waals surface area contributed by atoms with Crippen LogP contribution in [-0.2, 0) is 0 Å². The minimum absolute atomic E-state index is 0.275. The Labute approximate surface area is 68.7 Å². The molecule has 64 valence electrons. The highest BCUT2D eigenvalue weighted by Gasteiger charge is 2.19. The smallest absolute Gasteiger partial charge is 0.142 e. The molecule has 1 rings (SSSR count). The standard InChI is InChI=1S/C6H14N3OP/c7-6(8-10)5-1-3-9(11)4-2-5/h5,10H,1-4,11H2,(H2,7,8). The van der Waals surface area contributed by atoms with Gasteiger partial charge in [-0.2, -0.15) is 0 Å². The molecule has 1 atom stereocenters. The number of piperidine rings is 1. The van der Waals surface area contributed by atoms with E-state index in [0.29, 0.717) is 5.84 Å².